The molecule has 0 spiro atoms. The van der Waals surface area contributed by atoms with Crippen molar-refractivity contribution in [1.82, 2.24) is 14.1 Å². The number of pyridine rings is 1. The lowest BCUT2D eigenvalue weighted by atomic mass is 9.88. The summed E-state index contributed by atoms with van der Waals surface area (Å²) in [5, 5.41) is 2.33. The molecule has 7 rings (SSSR count). The first kappa shape index (κ1) is 26.5. The fourth-order valence-electron chi connectivity index (χ4n) is 5.42. The molecule has 0 radical (unpaired) electrons. The zero-order valence-corrected chi connectivity index (χ0v) is 24.7. The van der Waals surface area contributed by atoms with Gasteiger partial charge in [-0.25, -0.2) is 4.98 Å². The molecular weight excluding hydrogens is 532 g/mol. The van der Waals surface area contributed by atoms with Crippen LogP contribution in [0.3, 0.4) is 0 Å². The van der Waals surface area contributed by atoms with E-state index in [4.69, 9.17) is 14.5 Å². The number of fused-ring (bicyclic) bond motifs is 3. The highest BCUT2D eigenvalue weighted by Gasteiger charge is 2.18. The van der Waals surface area contributed by atoms with Crippen molar-refractivity contribution in [3.05, 3.63) is 133 Å². The molecule has 3 heterocycles. The van der Waals surface area contributed by atoms with E-state index in [1.54, 1.807) is 0 Å². The van der Waals surface area contributed by atoms with Crippen molar-refractivity contribution in [3.8, 4) is 34.6 Å². The Morgan fingerprint density at radius 3 is 2.28 bits per heavy atom. The van der Waals surface area contributed by atoms with Crippen molar-refractivity contribution >= 4 is 21.8 Å². The predicted molar refractivity (Wildman–Crippen MR) is 170 cm³/mol. The average molecular weight is 565 g/mol. The van der Waals surface area contributed by atoms with Crippen molar-refractivity contribution in [3.63, 3.8) is 0 Å². The van der Waals surface area contributed by atoms with Gasteiger partial charge in [0.05, 0.1) is 30.0 Å². The molecule has 6 nitrogen and oxygen atoms in total. The first-order chi connectivity index (χ1) is 20.8. The molecule has 43 heavy (non-hydrogen) atoms. The van der Waals surface area contributed by atoms with E-state index in [-0.39, 0.29) is 5.41 Å². The van der Waals surface area contributed by atoms with Crippen LogP contribution >= 0.6 is 0 Å². The van der Waals surface area contributed by atoms with Crippen LogP contribution in [0, 0.1) is 6.33 Å². The molecule has 0 aliphatic heterocycles. The third-order valence-electron chi connectivity index (χ3n) is 7.55. The first-order valence-corrected chi connectivity index (χ1v) is 14.4. The summed E-state index contributed by atoms with van der Waals surface area (Å²) in [6.45, 7) is 6.67. The van der Waals surface area contributed by atoms with Gasteiger partial charge in [-0.15, -0.1) is 0 Å². The third-order valence-corrected chi connectivity index (χ3v) is 7.55. The van der Waals surface area contributed by atoms with Crippen LogP contribution in [0.1, 0.15) is 26.3 Å². The fourth-order valence-corrected chi connectivity index (χ4v) is 5.42. The molecule has 0 N–H and O–H groups in total. The molecule has 0 atom stereocenters. The van der Waals surface area contributed by atoms with E-state index >= 15 is 0 Å². The Kier molecular flexibility index (Phi) is 6.47. The number of imidazole rings is 1. The minimum absolute atomic E-state index is 0.00985. The van der Waals surface area contributed by atoms with Gasteiger partial charge in [0.15, 0.2) is 0 Å². The van der Waals surface area contributed by atoms with Crippen LogP contribution < -0.4 is 14.0 Å². The molecule has 0 aliphatic rings. The van der Waals surface area contributed by atoms with E-state index in [0.717, 1.165) is 39.4 Å². The van der Waals surface area contributed by atoms with Gasteiger partial charge < -0.3 is 14.0 Å². The van der Waals surface area contributed by atoms with Crippen LogP contribution in [-0.4, -0.2) is 14.1 Å². The molecule has 0 unspecified atom stereocenters. The summed E-state index contributed by atoms with van der Waals surface area (Å²) >= 11 is 0. The van der Waals surface area contributed by atoms with E-state index < -0.39 is 0 Å². The molecule has 4 aromatic carbocycles. The molecule has 0 saturated heterocycles. The fraction of sp³-hybridized carbons (Fsp3) is 0.135. The Balaban J connectivity index is 1.27. The predicted octanol–water partition coefficient (Wildman–Crippen LogP) is 8.48. The summed E-state index contributed by atoms with van der Waals surface area (Å²) in [6.07, 6.45) is 7.09. The molecule has 0 amide bonds. The standard InChI is InChI=1S/C37H32N4O2/c1-37(2,3)26-19-20-38-35(21-26)41-33-16-9-8-15-31(33)32-18-17-30(23-34(32)41)42-29-14-10-11-27(22-29)40-25-39(4)24-36(40)43-28-12-6-5-7-13-28/h5-24H,1-4H3. The maximum Gasteiger partial charge on any atom is 0.246 e. The molecular formula is C37H32N4O2. The summed E-state index contributed by atoms with van der Waals surface area (Å²) in [6, 6.07) is 36.7. The Hall–Kier alpha value is -5.36. The zero-order chi connectivity index (χ0) is 29.6. The SMILES string of the molecule is C[n+]1[c-]n(-c2cccc(Oc3ccc4c5ccccc5n(-c5cc(C(C)(C)C)ccn5)c4c3)c2)c(Oc2ccccc2)c1. The lowest BCUT2D eigenvalue weighted by molar-refractivity contribution is -0.675. The summed E-state index contributed by atoms with van der Waals surface area (Å²) in [7, 11) is 1.93. The van der Waals surface area contributed by atoms with E-state index in [2.05, 4.69) is 80.2 Å². The topological polar surface area (TPSA) is 45.1 Å². The number of para-hydroxylation sites is 2. The Morgan fingerprint density at radius 1 is 0.698 bits per heavy atom. The second-order valence-corrected chi connectivity index (χ2v) is 11.7. The van der Waals surface area contributed by atoms with Crippen molar-refractivity contribution in [2.24, 2.45) is 7.05 Å². The largest absolute Gasteiger partial charge is 0.471 e. The summed E-state index contributed by atoms with van der Waals surface area (Å²) < 4.78 is 18.6. The number of aromatic nitrogens is 4. The highest BCUT2D eigenvalue weighted by atomic mass is 16.5. The molecule has 212 valence electrons. The summed E-state index contributed by atoms with van der Waals surface area (Å²) in [4.78, 5) is 4.80. The normalized spacial score (nSPS) is 11.7. The number of nitrogens with zero attached hydrogens (tertiary/aromatic N) is 4. The number of hydrogen-bond donors (Lipinski definition) is 0. The van der Waals surface area contributed by atoms with Crippen LogP contribution in [0.4, 0.5) is 0 Å². The number of benzene rings is 4. The van der Waals surface area contributed by atoms with Gasteiger partial charge in [0.2, 0.25) is 12.2 Å². The number of rotatable bonds is 6. The average Bonchev–Trinajstić information content (AvgIpc) is 3.54. The van der Waals surface area contributed by atoms with Gasteiger partial charge in [-0.1, -0.05) is 69.3 Å². The molecule has 6 heteroatoms. The van der Waals surface area contributed by atoms with Crippen LogP contribution in [0.15, 0.2) is 122 Å². The highest BCUT2D eigenvalue weighted by Crippen LogP contribution is 2.36. The lowest BCUT2D eigenvalue weighted by Crippen LogP contribution is -2.24. The molecule has 0 aliphatic carbocycles. The molecule has 0 saturated carbocycles. The summed E-state index contributed by atoms with van der Waals surface area (Å²) in [5.74, 6) is 3.75. The third kappa shape index (κ3) is 5.12. The van der Waals surface area contributed by atoms with Crippen molar-refractivity contribution in [2.45, 2.75) is 26.2 Å². The quantitative estimate of drug-likeness (QED) is 0.150. The van der Waals surface area contributed by atoms with Gasteiger partial charge in [0.25, 0.3) is 0 Å². The van der Waals surface area contributed by atoms with Crippen molar-refractivity contribution in [1.29, 1.82) is 0 Å². The van der Waals surface area contributed by atoms with Crippen molar-refractivity contribution < 1.29 is 14.0 Å². The maximum atomic E-state index is 6.47. The number of ether oxygens (including phenoxy) is 2. The van der Waals surface area contributed by atoms with Crippen LogP contribution in [0.2, 0.25) is 0 Å². The zero-order valence-electron chi connectivity index (χ0n) is 24.7. The monoisotopic (exact) mass is 564 g/mol. The van der Waals surface area contributed by atoms with E-state index in [9.17, 15) is 0 Å². The van der Waals surface area contributed by atoms with Crippen LogP contribution in [-0.2, 0) is 12.5 Å². The number of hydrogen-bond acceptors (Lipinski definition) is 3. The summed E-state index contributed by atoms with van der Waals surface area (Å²) in [5.41, 5.74) is 4.27. The van der Waals surface area contributed by atoms with E-state index in [1.807, 2.05) is 89.2 Å². The highest BCUT2D eigenvalue weighted by molar-refractivity contribution is 6.09. The lowest BCUT2D eigenvalue weighted by Gasteiger charge is -2.20. The van der Waals surface area contributed by atoms with Gasteiger partial charge in [-0.3, -0.25) is 9.13 Å². The Labute approximate surface area is 251 Å². The minimum atomic E-state index is 0.00985. The molecule has 0 fully saturated rings. The second kappa shape index (κ2) is 10.5. The Morgan fingerprint density at radius 2 is 1.44 bits per heavy atom. The number of aryl methyl sites for hydroxylation is 1. The molecule has 0 bridgehead atoms. The van der Waals surface area contributed by atoms with E-state index in [0.29, 0.717) is 11.6 Å². The van der Waals surface area contributed by atoms with Gasteiger partial charge in [0, 0.05) is 23.0 Å². The molecule has 7 aromatic rings. The first-order valence-electron chi connectivity index (χ1n) is 14.4. The van der Waals surface area contributed by atoms with Gasteiger partial charge in [0.1, 0.15) is 23.1 Å². The minimum Gasteiger partial charge on any atom is -0.471 e. The van der Waals surface area contributed by atoms with Crippen LogP contribution in [0.25, 0.3) is 33.3 Å². The van der Waals surface area contributed by atoms with Crippen molar-refractivity contribution in [2.75, 3.05) is 0 Å². The van der Waals surface area contributed by atoms with Crippen LogP contribution in [0.5, 0.6) is 23.1 Å². The smallest absolute Gasteiger partial charge is 0.246 e. The Bertz CT molecular complexity index is 2080. The van der Waals surface area contributed by atoms with E-state index in [1.165, 1.54) is 10.9 Å². The molecule has 3 aromatic heterocycles. The van der Waals surface area contributed by atoms with Gasteiger partial charge in [-0.05, 0) is 65.6 Å². The van der Waals surface area contributed by atoms with Gasteiger partial charge in [-0.2, -0.15) is 0 Å². The van der Waals surface area contributed by atoms with Gasteiger partial charge >= 0.3 is 0 Å². The second-order valence-electron chi connectivity index (χ2n) is 11.7. The maximum absolute atomic E-state index is 6.47.